The van der Waals surface area contributed by atoms with E-state index in [1.54, 1.807) is 0 Å². The van der Waals surface area contributed by atoms with Gasteiger partial charge in [0.1, 0.15) is 0 Å². The fourth-order valence-corrected chi connectivity index (χ4v) is 1.45. The van der Waals surface area contributed by atoms with Crippen LogP contribution < -0.4 is 0 Å². The Labute approximate surface area is 93.3 Å². The van der Waals surface area contributed by atoms with Gasteiger partial charge in [0.25, 0.3) is 0 Å². The highest BCUT2D eigenvalue weighted by Crippen LogP contribution is 2.07. The summed E-state index contributed by atoms with van der Waals surface area (Å²) in [5.74, 6) is 0. The topological polar surface area (TPSA) is 0 Å². The summed E-state index contributed by atoms with van der Waals surface area (Å²) >= 11 is 0. The van der Waals surface area contributed by atoms with Crippen LogP contribution in [0.15, 0.2) is 43.0 Å². The van der Waals surface area contributed by atoms with Crippen LogP contribution >= 0.6 is 0 Å². The van der Waals surface area contributed by atoms with Crippen LogP contribution in [0.1, 0.15) is 37.3 Å². The zero-order valence-electron chi connectivity index (χ0n) is 9.58. The highest BCUT2D eigenvalue weighted by atomic mass is 13.9. The highest BCUT2D eigenvalue weighted by molar-refractivity contribution is 5.47. The van der Waals surface area contributed by atoms with E-state index in [0.29, 0.717) is 0 Å². The van der Waals surface area contributed by atoms with Gasteiger partial charge in [-0.15, -0.1) is 0 Å². The number of allylic oxidation sites excluding steroid dienone is 2. The van der Waals surface area contributed by atoms with Gasteiger partial charge in [0.05, 0.1) is 0 Å². The molecule has 0 nitrogen and oxygen atoms in total. The number of hydrogen-bond acceptors (Lipinski definition) is 0. The summed E-state index contributed by atoms with van der Waals surface area (Å²) in [6.07, 6.45) is 11.2. The van der Waals surface area contributed by atoms with Crippen molar-refractivity contribution in [3.8, 4) is 0 Å². The third-order valence-electron chi connectivity index (χ3n) is 2.46. The first-order valence-corrected chi connectivity index (χ1v) is 5.73. The summed E-state index contributed by atoms with van der Waals surface area (Å²) in [4.78, 5) is 0. The molecule has 80 valence electrons. The van der Waals surface area contributed by atoms with Gasteiger partial charge >= 0.3 is 0 Å². The molecule has 0 aromatic heterocycles. The van der Waals surface area contributed by atoms with Crippen molar-refractivity contribution in [2.75, 3.05) is 0 Å². The summed E-state index contributed by atoms with van der Waals surface area (Å²) in [6, 6.07) is 8.56. The van der Waals surface area contributed by atoms with Crippen molar-refractivity contribution in [2.45, 2.75) is 32.6 Å². The molecular weight excluding hydrogens is 180 g/mol. The van der Waals surface area contributed by atoms with E-state index in [4.69, 9.17) is 0 Å². The SMILES string of the molecule is C=Cc1ccc(C/C=C/CCCC)cc1. The van der Waals surface area contributed by atoms with Gasteiger partial charge in [-0.3, -0.25) is 0 Å². The predicted molar refractivity (Wildman–Crippen MR) is 68.9 cm³/mol. The van der Waals surface area contributed by atoms with E-state index in [1.807, 2.05) is 6.08 Å². The summed E-state index contributed by atoms with van der Waals surface area (Å²) < 4.78 is 0. The van der Waals surface area contributed by atoms with E-state index in [0.717, 1.165) is 6.42 Å². The predicted octanol–water partition coefficient (Wildman–Crippen LogP) is 4.62. The van der Waals surface area contributed by atoms with E-state index in [-0.39, 0.29) is 0 Å². The van der Waals surface area contributed by atoms with Gasteiger partial charge < -0.3 is 0 Å². The fraction of sp³-hybridized carbons (Fsp3) is 0.333. The minimum Gasteiger partial charge on any atom is -0.0985 e. The molecule has 15 heavy (non-hydrogen) atoms. The smallest absolute Gasteiger partial charge is 0.00974 e. The van der Waals surface area contributed by atoms with Crippen LogP contribution in [0, 0.1) is 0 Å². The molecule has 0 fully saturated rings. The Kier molecular flexibility index (Phi) is 5.54. The van der Waals surface area contributed by atoms with Crippen LogP contribution in [-0.4, -0.2) is 0 Å². The average Bonchev–Trinajstić information content (AvgIpc) is 2.30. The van der Waals surface area contributed by atoms with E-state index < -0.39 is 0 Å². The van der Waals surface area contributed by atoms with Crippen LogP contribution in [0.4, 0.5) is 0 Å². The van der Waals surface area contributed by atoms with Crippen LogP contribution in [0.5, 0.6) is 0 Å². The molecule has 0 saturated heterocycles. The molecule has 0 saturated carbocycles. The standard InChI is InChI=1S/C15H20/c1-3-5-6-7-8-9-15-12-10-14(4-2)11-13-15/h4,7-8,10-13H,2-3,5-6,9H2,1H3/b8-7+. The first kappa shape index (κ1) is 11.8. The molecule has 0 atom stereocenters. The molecule has 0 bridgehead atoms. The lowest BCUT2D eigenvalue weighted by Crippen LogP contribution is -1.80. The lowest BCUT2D eigenvalue weighted by molar-refractivity contribution is 0.813. The number of benzene rings is 1. The molecule has 1 rings (SSSR count). The molecule has 0 heterocycles. The molecule has 0 aliphatic heterocycles. The van der Waals surface area contributed by atoms with E-state index in [2.05, 4.69) is 49.9 Å². The van der Waals surface area contributed by atoms with E-state index in [1.165, 1.54) is 30.4 Å². The van der Waals surface area contributed by atoms with Crippen molar-refractivity contribution in [2.24, 2.45) is 0 Å². The summed E-state index contributed by atoms with van der Waals surface area (Å²) in [5, 5.41) is 0. The maximum atomic E-state index is 3.74. The van der Waals surface area contributed by atoms with Gasteiger partial charge in [-0.2, -0.15) is 0 Å². The molecule has 0 heteroatoms. The second kappa shape index (κ2) is 7.05. The van der Waals surface area contributed by atoms with Crippen LogP contribution in [0.2, 0.25) is 0 Å². The van der Waals surface area contributed by atoms with Crippen molar-refractivity contribution < 1.29 is 0 Å². The zero-order valence-corrected chi connectivity index (χ0v) is 9.58. The summed E-state index contributed by atoms with van der Waals surface area (Å²) in [7, 11) is 0. The Morgan fingerprint density at radius 3 is 2.47 bits per heavy atom. The maximum Gasteiger partial charge on any atom is -0.00974 e. The number of hydrogen-bond donors (Lipinski definition) is 0. The Morgan fingerprint density at radius 1 is 1.13 bits per heavy atom. The Bertz CT molecular complexity index is 303. The normalized spacial score (nSPS) is 10.7. The van der Waals surface area contributed by atoms with Crippen molar-refractivity contribution in [3.63, 3.8) is 0 Å². The van der Waals surface area contributed by atoms with Crippen molar-refractivity contribution in [3.05, 3.63) is 54.1 Å². The van der Waals surface area contributed by atoms with Crippen LogP contribution in [-0.2, 0) is 6.42 Å². The lowest BCUT2D eigenvalue weighted by atomic mass is 10.1. The first-order chi connectivity index (χ1) is 7.36. The van der Waals surface area contributed by atoms with Gasteiger partial charge in [-0.1, -0.05) is 68.8 Å². The molecule has 0 amide bonds. The lowest BCUT2D eigenvalue weighted by Gasteiger charge is -1.97. The Balaban J connectivity index is 2.37. The molecular formula is C15H20. The molecule has 1 aromatic rings. The van der Waals surface area contributed by atoms with Crippen molar-refractivity contribution in [1.82, 2.24) is 0 Å². The summed E-state index contributed by atoms with van der Waals surface area (Å²) in [5.41, 5.74) is 2.56. The molecule has 0 aliphatic carbocycles. The third-order valence-corrected chi connectivity index (χ3v) is 2.46. The van der Waals surface area contributed by atoms with Gasteiger partial charge in [0.15, 0.2) is 0 Å². The van der Waals surface area contributed by atoms with Crippen molar-refractivity contribution in [1.29, 1.82) is 0 Å². The zero-order chi connectivity index (χ0) is 10.9. The number of rotatable bonds is 6. The minimum atomic E-state index is 1.04. The van der Waals surface area contributed by atoms with Crippen LogP contribution in [0.25, 0.3) is 6.08 Å². The monoisotopic (exact) mass is 200 g/mol. The third kappa shape index (κ3) is 4.64. The molecule has 0 radical (unpaired) electrons. The highest BCUT2D eigenvalue weighted by Gasteiger charge is 1.89. The van der Waals surface area contributed by atoms with Crippen molar-refractivity contribution >= 4 is 6.08 Å². The van der Waals surface area contributed by atoms with Crippen LogP contribution in [0.3, 0.4) is 0 Å². The second-order valence-electron chi connectivity index (χ2n) is 3.76. The number of unbranched alkanes of at least 4 members (excludes halogenated alkanes) is 2. The molecule has 0 N–H and O–H groups in total. The van der Waals surface area contributed by atoms with E-state index >= 15 is 0 Å². The second-order valence-corrected chi connectivity index (χ2v) is 3.76. The first-order valence-electron chi connectivity index (χ1n) is 5.73. The van der Waals surface area contributed by atoms with Gasteiger partial charge in [0, 0.05) is 0 Å². The quantitative estimate of drug-likeness (QED) is 0.464. The fourth-order valence-electron chi connectivity index (χ4n) is 1.45. The molecule has 1 aromatic carbocycles. The van der Waals surface area contributed by atoms with E-state index in [9.17, 15) is 0 Å². The Morgan fingerprint density at radius 2 is 1.87 bits per heavy atom. The largest absolute Gasteiger partial charge is 0.0985 e. The minimum absolute atomic E-state index is 1.04. The maximum absolute atomic E-state index is 3.74. The van der Waals surface area contributed by atoms with Gasteiger partial charge in [-0.25, -0.2) is 0 Å². The average molecular weight is 200 g/mol. The molecule has 0 aliphatic rings. The molecule has 0 spiro atoms. The van der Waals surface area contributed by atoms with Gasteiger partial charge in [-0.05, 0) is 24.0 Å². The Hall–Kier alpha value is -1.30. The molecule has 0 unspecified atom stereocenters. The summed E-state index contributed by atoms with van der Waals surface area (Å²) in [6.45, 7) is 5.97. The van der Waals surface area contributed by atoms with Gasteiger partial charge in [0.2, 0.25) is 0 Å².